The zero-order valence-corrected chi connectivity index (χ0v) is 16.2. The number of fused-ring (bicyclic) bond motifs is 2. The fourth-order valence-corrected chi connectivity index (χ4v) is 4.16. The molecular weight excluding hydrogens is 388 g/mol. The van der Waals surface area contributed by atoms with E-state index in [-0.39, 0.29) is 12.7 Å². The van der Waals surface area contributed by atoms with Crippen molar-refractivity contribution < 1.29 is 19.4 Å². The van der Waals surface area contributed by atoms with Crippen LogP contribution in [0, 0.1) is 0 Å². The molecule has 0 aromatic heterocycles. The minimum atomic E-state index is -1.75. The summed E-state index contributed by atoms with van der Waals surface area (Å²) in [5.41, 5.74) is 0.913. The quantitative estimate of drug-likeness (QED) is 0.648. The van der Waals surface area contributed by atoms with E-state index in [0.29, 0.717) is 34.9 Å². The molecule has 5 rings (SSSR count). The average molecular weight is 406 g/mol. The predicted octanol–water partition coefficient (Wildman–Crippen LogP) is 3.16. The first-order chi connectivity index (χ1) is 14.1. The minimum absolute atomic E-state index is 0.196. The maximum Gasteiger partial charge on any atom is 0.268 e. The second-order valence-corrected chi connectivity index (χ2v) is 7.66. The van der Waals surface area contributed by atoms with Crippen molar-refractivity contribution in [3.63, 3.8) is 0 Å². The van der Waals surface area contributed by atoms with Gasteiger partial charge in [-0.2, -0.15) is 0 Å². The van der Waals surface area contributed by atoms with Crippen LogP contribution in [0.1, 0.15) is 16.7 Å². The van der Waals surface area contributed by atoms with Crippen molar-refractivity contribution in [2.24, 2.45) is 5.14 Å². The van der Waals surface area contributed by atoms with Crippen LogP contribution in [-0.4, -0.2) is 17.8 Å². The van der Waals surface area contributed by atoms with Gasteiger partial charge in [0.2, 0.25) is 6.79 Å². The number of hydrogen-bond donors (Lipinski definition) is 2. The molecule has 0 bridgehead atoms. The molecule has 3 aromatic carbocycles. The van der Waals surface area contributed by atoms with E-state index >= 15 is 0 Å². The van der Waals surface area contributed by atoms with Gasteiger partial charge in [0, 0.05) is 10.5 Å². The lowest BCUT2D eigenvalue weighted by Crippen LogP contribution is -2.40. The number of amides is 1. The molecule has 0 radical (unpaired) electrons. The molecule has 2 aliphatic heterocycles. The summed E-state index contributed by atoms with van der Waals surface area (Å²) >= 11 is 1.12. The number of hydrogen-bond acceptors (Lipinski definition) is 6. The molecule has 6 nitrogen and oxygen atoms in total. The van der Waals surface area contributed by atoms with Crippen LogP contribution in [0.25, 0.3) is 0 Å². The van der Waals surface area contributed by atoms with Gasteiger partial charge in [0.25, 0.3) is 5.91 Å². The van der Waals surface area contributed by atoms with Crippen LogP contribution in [0.15, 0.2) is 71.6 Å². The van der Waals surface area contributed by atoms with E-state index in [9.17, 15) is 9.90 Å². The van der Waals surface area contributed by atoms with E-state index in [1.807, 2.05) is 36.4 Å². The maximum absolute atomic E-state index is 13.5. The van der Waals surface area contributed by atoms with Gasteiger partial charge in [-0.25, -0.2) is 0 Å². The fourth-order valence-electron chi connectivity index (χ4n) is 3.87. The molecule has 1 unspecified atom stereocenters. The van der Waals surface area contributed by atoms with Crippen LogP contribution in [0.5, 0.6) is 11.5 Å². The Kier molecular flexibility index (Phi) is 4.24. The number of nitrogens with zero attached hydrogens (tertiary/aromatic N) is 1. The largest absolute Gasteiger partial charge is 0.454 e. The summed E-state index contributed by atoms with van der Waals surface area (Å²) in [6.45, 7) is 0.507. The van der Waals surface area contributed by atoms with Gasteiger partial charge in [-0.05, 0) is 53.4 Å². The molecule has 0 fully saturated rings. The van der Waals surface area contributed by atoms with Gasteiger partial charge < -0.3 is 19.5 Å². The molecule has 1 amide bonds. The summed E-state index contributed by atoms with van der Waals surface area (Å²) in [6.07, 6.45) is 0. The van der Waals surface area contributed by atoms with E-state index in [0.717, 1.165) is 22.4 Å². The molecule has 3 N–H and O–H groups in total. The summed E-state index contributed by atoms with van der Waals surface area (Å²) in [7, 11) is 0. The lowest BCUT2D eigenvalue weighted by atomic mass is 9.87. The normalized spacial score (nSPS) is 19.5. The summed E-state index contributed by atoms with van der Waals surface area (Å²) in [6, 6.07) is 20.0. The lowest BCUT2D eigenvalue weighted by molar-refractivity contribution is -0.132. The van der Waals surface area contributed by atoms with Gasteiger partial charge in [0.1, 0.15) is 0 Å². The summed E-state index contributed by atoms with van der Waals surface area (Å²) in [4.78, 5) is 15.9. The number of carbonyl (C=O) groups excluding carboxylic acids is 1. The molecule has 29 heavy (non-hydrogen) atoms. The number of para-hydroxylation sites is 1. The highest BCUT2D eigenvalue weighted by Crippen LogP contribution is 2.45. The molecule has 0 aliphatic carbocycles. The number of benzene rings is 3. The average Bonchev–Trinajstić information content (AvgIpc) is 3.31. The van der Waals surface area contributed by atoms with Crippen molar-refractivity contribution in [1.29, 1.82) is 0 Å². The standard InChI is InChI=1S/C22H18N2O4S/c23-29-16-8-6-15(7-9-16)22(26)17-3-1-2-4-18(17)24(21(22)25)12-14-5-10-19-20(11-14)28-13-27-19/h1-11,26H,12-13,23H2. The van der Waals surface area contributed by atoms with Crippen molar-refractivity contribution in [2.45, 2.75) is 17.0 Å². The Morgan fingerprint density at radius 2 is 1.79 bits per heavy atom. The third-order valence-electron chi connectivity index (χ3n) is 5.33. The molecule has 0 spiro atoms. The highest BCUT2D eigenvalue weighted by atomic mass is 32.2. The molecule has 0 saturated carbocycles. The van der Waals surface area contributed by atoms with Gasteiger partial charge in [0.15, 0.2) is 17.1 Å². The molecule has 3 aromatic rings. The van der Waals surface area contributed by atoms with E-state index in [4.69, 9.17) is 14.6 Å². The van der Waals surface area contributed by atoms with Crippen LogP contribution in [0.4, 0.5) is 5.69 Å². The third kappa shape index (κ3) is 2.78. The number of anilines is 1. The molecule has 146 valence electrons. The number of ether oxygens (including phenoxy) is 2. The topological polar surface area (TPSA) is 85.0 Å². The molecule has 2 aliphatic rings. The van der Waals surface area contributed by atoms with Crippen molar-refractivity contribution >= 4 is 23.5 Å². The Balaban J connectivity index is 1.55. The summed E-state index contributed by atoms with van der Waals surface area (Å²) in [5.74, 6) is 0.966. The van der Waals surface area contributed by atoms with Crippen LogP contribution in [0.2, 0.25) is 0 Å². The Morgan fingerprint density at radius 3 is 2.59 bits per heavy atom. The number of aliphatic hydroxyl groups is 1. The van der Waals surface area contributed by atoms with Crippen molar-refractivity contribution in [3.8, 4) is 11.5 Å². The van der Waals surface area contributed by atoms with Crippen molar-refractivity contribution in [3.05, 3.63) is 83.4 Å². The highest BCUT2D eigenvalue weighted by molar-refractivity contribution is 7.97. The second-order valence-electron chi connectivity index (χ2n) is 6.95. The predicted molar refractivity (Wildman–Crippen MR) is 110 cm³/mol. The molecule has 1 atom stereocenters. The Hall–Kier alpha value is -3.00. The highest BCUT2D eigenvalue weighted by Gasteiger charge is 2.50. The fraction of sp³-hybridized carbons (Fsp3) is 0.136. The zero-order chi connectivity index (χ0) is 20.0. The summed E-state index contributed by atoms with van der Waals surface area (Å²) < 4.78 is 10.8. The summed E-state index contributed by atoms with van der Waals surface area (Å²) in [5, 5.41) is 17.2. The van der Waals surface area contributed by atoms with Gasteiger partial charge >= 0.3 is 0 Å². The maximum atomic E-state index is 13.5. The molecule has 0 saturated heterocycles. The third-order valence-corrected chi connectivity index (χ3v) is 5.87. The first-order valence-corrected chi connectivity index (χ1v) is 9.99. The first kappa shape index (κ1) is 18.1. The number of rotatable bonds is 4. The monoisotopic (exact) mass is 406 g/mol. The Morgan fingerprint density at radius 1 is 1.03 bits per heavy atom. The molecular formula is C22H18N2O4S. The number of carbonyl (C=O) groups is 1. The zero-order valence-electron chi connectivity index (χ0n) is 15.4. The van der Waals surface area contributed by atoms with E-state index in [1.54, 1.807) is 35.2 Å². The van der Waals surface area contributed by atoms with Crippen molar-refractivity contribution in [1.82, 2.24) is 0 Å². The lowest BCUT2D eigenvalue weighted by Gasteiger charge is -2.24. The number of nitrogens with two attached hydrogens (primary N) is 1. The Bertz CT molecular complexity index is 1100. The van der Waals surface area contributed by atoms with E-state index < -0.39 is 5.60 Å². The SMILES string of the molecule is NSc1ccc(C2(O)C(=O)N(Cc3ccc4c(c3)OCO4)c3ccccc32)cc1. The molecule has 7 heteroatoms. The smallest absolute Gasteiger partial charge is 0.268 e. The van der Waals surface area contributed by atoms with Crippen LogP contribution >= 0.6 is 11.9 Å². The molecule has 2 heterocycles. The van der Waals surface area contributed by atoms with E-state index in [1.165, 1.54) is 0 Å². The van der Waals surface area contributed by atoms with Crippen molar-refractivity contribution in [2.75, 3.05) is 11.7 Å². The van der Waals surface area contributed by atoms with Crippen LogP contribution in [0.3, 0.4) is 0 Å². The Labute approximate surface area is 172 Å². The van der Waals surface area contributed by atoms with Crippen LogP contribution < -0.4 is 19.5 Å². The van der Waals surface area contributed by atoms with Gasteiger partial charge in [0.05, 0.1) is 12.2 Å². The minimum Gasteiger partial charge on any atom is -0.454 e. The van der Waals surface area contributed by atoms with E-state index in [2.05, 4.69) is 0 Å². The van der Waals surface area contributed by atoms with Gasteiger partial charge in [-0.3, -0.25) is 9.93 Å². The second kappa shape index (κ2) is 6.81. The van der Waals surface area contributed by atoms with Gasteiger partial charge in [-0.1, -0.05) is 36.4 Å². The van der Waals surface area contributed by atoms with Crippen LogP contribution in [-0.2, 0) is 16.9 Å². The van der Waals surface area contributed by atoms with Gasteiger partial charge in [-0.15, -0.1) is 0 Å². The first-order valence-electron chi connectivity index (χ1n) is 9.11.